The van der Waals surface area contributed by atoms with E-state index in [2.05, 4.69) is 5.32 Å². The van der Waals surface area contributed by atoms with Crippen LogP contribution in [0.25, 0.3) is 6.08 Å². The number of ether oxygens (including phenoxy) is 3. The predicted molar refractivity (Wildman–Crippen MR) is 140 cm³/mol. The maximum Gasteiger partial charge on any atom is 0.264 e. The van der Waals surface area contributed by atoms with E-state index in [1.54, 1.807) is 31.2 Å². The molecule has 0 bridgehead atoms. The lowest BCUT2D eigenvalue weighted by Crippen LogP contribution is -2.31. The van der Waals surface area contributed by atoms with Gasteiger partial charge in [-0.05, 0) is 55.0 Å². The summed E-state index contributed by atoms with van der Waals surface area (Å²) in [7, 11) is 3.33. The highest BCUT2D eigenvalue weighted by molar-refractivity contribution is 8.04. The van der Waals surface area contributed by atoms with Crippen molar-refractivity contribution in [1.29, 1.82) is 0 Å². The quantitative estimate of drug-likeness (QED) is 0.491. The van der Waals surface area contributed by atoms with Crippen LogP contribution < -0.4 is 24.4 Å². The first-order valence-corrected chi connectivity index (χ1v) is 12.4. The number of hydrogen-bond donors (Lipinski definition) is 1. The van der Waals surface area contributed by atoms with Gasteiger partial charge in [0.2, 0.25) is 0 Å². The molecule has 2 aliphatic heterocycles. The highest BCUT2D eigenvalue weighted by Gasteiger charge is 2.28. The molecule has 0 saturated carbocycles. The minimum absolute atomic E-state index is 0.138. The van der Waals surface area contributed by atoms with Gasteiger partial charge in [0, 0.05) is 23.1 Å². The number of carbonyl (C=O) groups excluding carboxylic acids is 2. The lowest BCUT2D eigenvalue weighted by Gasteiger charge is -2.27. The van der Waals surface area contributed by atoms with E-state index in [-0.39, 0.29) is 17.9 Å². The second-order valence-corrected chi connectivity index (χ2v) is 9.58. The van der Waals surface area contributed by atoms with Gasteiger partial charge in [-0.3, -0.25) is 9.59 Å². The molecule has 184 valence electrons. The maximum absolute atomic E-state index is 13.1. The molecule has 0 aliphatic carbocycles. The summed E-state index contributed by atoms with van der Waals surface area (Å²) in [5.41, 5.74) is 2.92. The number of hydrogen-bond acceptors (Lipinski definition) is 6. The largest absolute Gasteiger partial charge is 0.496 e. The molecule has 0 spiro atoms. The fourth-order valence-corrected chi connectivity index (χ4v) is 5.24. The summed E-state index contributed by atoms with van der Waals surface area (Å²) < 4.78 is 16.6. The molecule has 2 aliphatic rings. The number of likely N-dealkylation sites (N-methyl/N-ethyl adjacent to an activating group) is 1. The molecule has 3 aromatic rings. The van der Waals surface area contributed by atoms with E-state index in [0.29, 0.717) is 46.6 Å². The fourth-order valence-electron chi connectivity index (χ4n) is 4.15. The van der Waals surface area contributed by atoms with Crippen LogP contribution in [0.15, 0.2) is 70.5 Å². The van der Waals surface area contributed by atoms with E-state index in [0.717, 1.165) is 16.0 Å². The van der Waals surface area contributed by atoms with Gasteiger partial charge in [0.15, 0.2) is 11.5 Å². The second-order valence-electron chi connectivity index (χ2n) is 8.50. The lowest BCUT2D eigenvalue weighted by molar-refractivity contribution is -0.114. The SMILES string of the molecule is COc1ccccc1/C=C1/Sc2ccc(C(=O)N[C@@H](C)c3ccc4c(c3)OCCO4)cc2N(C)C1=O. The van der Waals surface area contributed by atoms with Gasteiger partial charge in [0.1, 0.15) is 19.0 Å². The minimum Gasteiger partial charge on any atom is -0.496 e. The summed E-state index contributed by atoms with van der Waals surface area (Å²) >= 11 is 1.38. The van der Waals surface area contributed by atoms with Gasteiger partial charge < -0.3 is 24.4 Å². The van der Waals surface area contributed by atoms with Crippen molar-refractivity contribution >= 4 is 35.3 Å². The third kappa shape index (κ3) is 4.64. The molecule has 1 atom stereocenters. The van der Waals surface area contributed by atoms with Crippen LogP contribution in [0.4, 0.5) is 5.69 Å². The van der Waals surface area contributed by atoms with E-state index in [1.807, 2.05) is 61.5 Å². The van der Waals surface area contributed by atoms with Crippen LogP contribution in [0, 0.1) is 0 Å². The summed E-state index contributed by atoms with van der Waals surface area (Å²) in [6, 6.07) is 18.4. The summed E-state index contributed by atoms with van der Waals surface area (Å²) in [4.78, 5) is 29.2. The molecule has 7 nitrogen and oxygen atoms in total. The number of fused-ring (bicyclic) bond motifs is 2. The third-order valence-electron chi connectivity index (χ3n) is 6.16. The van der Waals surface area contributed by atoms with Crippen LogP contribution in [0.3, 0.4) is 0 Å². The van der Waals surface area contributed by atoms with Gasteiger partial charge in [-0.15, -0.1) is 0 Å². The van der Waals surface area contributed by atoms with Gasteiger partial charge >= 0.3 is 0 Å². The first-order valence-electron chi connectivity index (χ1n) is 11.6. The number of nitrogens with one attached hydrogen (secondary N) is 1. The van der Waals surface area contributed by atoms with Crippen molar-refractivity contribution in [2.75, 3.05) is 32.3 Å². The lowest BCUT2D eigenvalue weighted by atomic mass is 10.1. The minimum atomic E-state index is -0.242. The van der Waals surface area contributed by atoms with Gasteiger partial charge in [0.05, 0.1) is 23.7 Å². The molecule has 2 heterocycles. The van der Waals surface area contributed by atoms with Gasteiger partial charge in [-0.25, -0.2) is 0 Å². The van der Waals surface area contributed by atoms with E-state index in [1.165, 1.54) is 11.8 Å². The first-order chi connectivity index (χ1) is 17.4. The highest BCUT2D eigenvalue weighted by atomic mass is 32.2. The van der Waals surface area contributed by atoms with Gasteiger partial charge in [0.25, 0.3) is 11.8 Å². The normalized spacial score (nSPS) is 16.4. The Hall–Kier alpha value is -3.91. The van der Waals surface area contributed by atoms with Crippen molar-refractivity contribution in [2.24, 2.45) is 0 Å². The van der Waals surface area contributed by atoms with Crippen molar-refractivity contribution in [3.63, 3.8) is 0 Å². The molecule has 36 heavy (non-hydrogen) atoms. The Bertz CT molecular complexity index is 1370. The molecule has 0 radical (unpaired) electrons. The summed E-state index contributed by atoms with van der Waals surface area (Å²) in [6.07, 6.45) is 1.83. The Morgan fingerprint density at radius 1 is 1.08 bits per heavy atom. The van der Waals surface area contributed by atoms with Gasteiger partial charge in [-0.2, -0.15) is 0 Å². The number of amides is 2. The molecule has 0 fully saturated rings. The van der Waals surface area contributed by atoms with E-state index >= 15 is 0 Å². The topological polar surface area (TPSA) is 77.1 Å². The number of nitrogens with zero attached hydrogens (tertiary/aromatic N) is 1. The van der Waals surface area contributed by atoms with Crippen molar-refractivity contribution in [3.8, 4) is 17.2 Å². The van der Waals surface area contributed by atoms with E-state index < -0.39 is 0 Å². The Morgan fingerprint density at radius 2 is 1.86 bits per heavy atom. The molecule has 2 amide bonds. The number of benzene rings is 3. The summed E-state index contributed by atoms with van der Waals surface area (Å²) in [5.74, 6) is 1.73. The maximum atomic E-state index is 13.1. The molecule has 3 aromatic carbocycles. The van der Waals surface area contributed by atoms with E-state index in [9.17, 15) is 9.59 Å². The molecule has 0 saturated heterocycles. The molecule has 5 rings (SSSR count). The first kappa shape index (κ1) is 23.8. The number of rotatable bonds is 5. The van der Waals surface area contributed by atoms with Crippen molar-refractivity contribution in [2.45, 2.75) is 17.9 Å². The van der Waals surface area contributed by atoms with Crippen LogP contribution in [-0.2, 0) is 4.79 Å². The summed E-state index contributed by atoms with van der Waals surface area (Å²) in [5, 5.41) is 3.04. The standard InChI is InChI=1S/C28H26N2O5S/c1-17(18-8-10-23-24(15-18)35-13-12-34-23)29-27(31)20-9-11-25-21(14-20)30(2)28(32)26(36-25)16-19-6-4-5-7-22(19)33-3/h4-11,14-17H,12-13H2,1-3H3,(H,29,31)/b26-16+/t17-/m0/s1. The molecule has 1 N–H and O–H groups in total. The molecular formula is C28H26N2O5S. The monoisotopic (exact) mass is 502 g/mol. The number of thioether (sulfide) groups is 1. The number of methoxy groups -OCH3 is 1. The van der Waals surface area contributed by atoms with E-state index in [4.69, 9.17) is 14.2 Å². The average molecular weight is 503 g/mol. The van der Waals surface area contributed by atoms with Crippen molar-refractivity contribution < 1.29 is 23.8 Å². The van der Waals surface area contributed by atoms with Crippen LogP contribution in [0.1, 0.15) is 34.5 Å². The van der Waals surface area contributed by atoms with Crippen LogP contribution in [0.5, 0.6) is 17.2 Å². The van der Waals surface area contributed by atoms with Crippen LogP contribution >= 0.6 is 11.8 Å². The van der Waals surface area contributed by atoms with Crippen molar-refractivity contribution in [3.05, 3.63) is 82.3 Å². The zero-order valence-electron chi connectivity index (χ0n) is 20.2. The fraction of sp³-hybridized carbons (Fsp3) is 0.214. The summed E-state index contributed by atoms with van der Waals surface area (Å²) in [6.45, 7) is 2.96. The average Bonchev–Trinajstić information content (AvgIpc) is 2.91. The number of para-hydroxylation sites is 1. The Balaban J connectivity index is 1.35. The van der Waals surface area contributed by atoms with Crippen molar-refractivity contribution in [1.82, 2.24) is 5.32 Å². The Kier molecular flexibility index (Phi) is 6.61. The molecule has 0 aromatic heterocycles. The Labute approximate surface area is 214 Å². The molecule has 8 heteroatoms. The highest BCUT2D eigenvalue weighted by Crippen LogP contribution is 2.42. The third-order valence-corrected chi connectivity index (χ3v) is 7.23. The van der Waals surface area contributed by atoms with Crippen LogP contribution in [-0.4, -0.2) is 39.2 Å². The zero-order chi connectivity index (χ0) is 25.2. The number of carbonyl (C=O) groups is 2. The zero-order valence-corrected chi connectivity index (χ0v) is 21.1. The number of anilines is 1. The predicted octanol–water partition coefficient (Wildman–Crippen LogP) is 5.07. The van der Waals surface area contributed by atoms with Gasteiger partial charge in [-0.1, -0.05) is 36.0 Å². The second kappa shape index (κ2) is 9.99. The smallest absolute Gasteiger partial charge is 0.264 e. The Morgan fingerprint density at radius 3 is 2.67 bits per heavy atom. The molecule has 0 unspecified atom stereocenters. The molecular weight excluding hydrogens is 476 g/mol. The van der Waals surface area contributed by atoms with Crippen LogP contribution in [0.2, 0.25) is 0 Å².